The Kier molecular flexibility index (Phi) is 7.22. The molecule has 6 nitrogen and oxygen atoms in total. The Bertz CT molecular complexity index is 1460. The van der Waals surface area contributed by atoms with Gasteiger partial charge in [-0.1, -0.05) is 23.7 Å². The van der Waals surface area contributed by atoms with Crippen molar-refractivity contribution in [3.63, 3.8) is 0 Å². The number of benzene rings is 2. The topological polar surface area (TPSA) is 65.7 Å². The number of aromatic nitrogens is 2. The number of halogens is 2. The molecule has 0 radical (unpaired) electrons. The van der Waals surface area contributed by atoms with Crippen LogP contribution in [-0.2, 0) is 19.4 Å². The molecule has 0 aliphatic heterocycles. The van der Waals surface area contributed by atoms with Crippen molar-refractivity contribution in [3.05, 3.63) is 84.1 Å². The van der Waals surface area contributed by atoms with Crippen LogP contribution in [0.2, 0.25) is 5.02 Å². The lowest BCUT2D eigenvalue weighted by Crippen LogP contribution is -2.18. The van der Waals surface area contributed by atoms with Crippen LogP contribution in [0.25, 0.3) is 10.2 Å². The van der Waals surface area contributed by atoms with Gasteiger partial charge in [-0.2, -0.15) is 9.78 Å². The van der Waals surface area contributed by atoms with Gasteiger partial charge in [-0.25, -0.2) is 4.98 Å². The lowest BCUT2D eigenvalue weighted by molar-refractivity contribution is 0.267. The first kappa shape index (κ1) is 24.0. The van der Waals surface area contributed by atoms with Gasteiger partial charge in [0.1, 0.15) is 17.8 Å². The quantitative estimate of drug-likeness (QED) is 0.234. The third-order valence-electron chi connectivity index (χ3n) is 5.82. The molecule has 0 fully saturated rings. The second-order valence-electron chi connectivity index (χ2n) is 8.21. The van der Waals surface area contributed by atoms with E-state index in [1.807, 2.05) is 43.3 Å². The summed E-state index contributed by atoms with van der Waals surface area (Å²) >= 11 is 11.2. The van der Waals surface area contributed by atoms with Gasteiger partial charge in [-0.15, -0.1) is 11.3 Å². The van der Waals surface area contributed by atoms with Crippen molar-refractivity contribution in [3.8, 4) is 11.5 Å². The van der Waals surface area contributed by atoms with E-state index in [2.05, 4.69) is 26.0 Å². The highest BCUT2D eigenvalue weighted by molar-refractivity contribution is 9.10. The van der Waals surface area contributed by atoms with Crippen LogP contribution in [0, 0.1) is 0 Å². The monoisotopic (exact) mass is 571 g/mol. The highest BCUT2D eigenvalue weighted by Gasteiger charge is 2.20. The van der Waals surface area contributed by atoms with E-state index in [0.29, 0.717) is 35.1 Å². The third kappa shape index (κ3) is 5.15. The van der Waals surface area contributed by atoms with Gasteiger partial charge in [0.05, 0.1) is 22.7 Å². The minimum atomic E-state index is -0.127. The summed E-state index contributed by atoms with van der Waals surface area (Å²) in [6, 6.07) is 11.2. The van der Waals surface area contributed by atoms with Crippen LogP contribution in [0.1, 0.15) is 41.3 Å². The van der Waals surface area contributed by atoms with E-state index in [4.69, 9.17) is 21.1 Å². The van der Waals surface area contributed by atoms with E-state index in [0.717, 1.165) is 45.3 Å². The zero-order valence-electron chi connectivity index (χ0n) is 19.1. The Morgan fingerprint density at radius 2 is 2.00 bits per heavy atom. The van der Waals surface area contributed by atoms with Gasteiger partial charge < -0.3 is 9.47 Å². The van der Waals surface area contributed by atoms with Crippen molar-refractivity contribution >= 4 is 55.3 Å². The fraction of sp³-hybridized carbons (Fsp3) is 0.269. The molecule has 0 N–H and O–H groups in total. The molecule has 4 aromatic rings. The Hall–Kier alpha value is -2.68. The summed E-state index contributed by atoms with van der Waals surface area (Å²) in [6.07, 6.45) is 7.36. The Balaban J connectivity index is 1.42. The van der Waals surface area contributed by atoms with Gasteiger partial charge in [0.15, 0.2) is 11.5 Å². The Labute approximate surface area is 220 Å². The van der Waals surface area contributed by atoms with Crippen LogP contribution in [0.15, 0.2) is 57.1 Å². The van der Waals surface area contributed by atoms with Crippen LogP contribution in [0.5, 0.6) is 11.5 Å². The lowest BCUT2D eigenvalue weighted by atomic mass is 9.97. The van der Waals surface area contributed by atoms with E-state index < -0.39 is 0 Å². The maximum absolute atomic E-state index is 13.2. The lowest BCUT2D eigenvalue weighted by Gasteiger charge is -2.14. The van der Waals surface area contributed by atoms with E-state index in [-0.39, 0.29) is 5.56 Å². The molecule has 0 saturated carbocycles. The van der Waals surface area contributed by atoms with Crippen molar-refractivity contribution in [1.82, 2.24) is 9.66 Å². The molecule has 5 rings (SSSR count). The summed E-state index contributed by atoms with van der Waals surface area (Å²) in [4.78, 5) is 19.8. The summed E-state index contributed by atoms with van der Waals surface area (Å²) in [7, 11) is 0. The number of aryl methyl sites for hydroxylation is 2. The molecule has 0 saturated heterocycles. The molecule has 0 amide bonds. The number of nitrogens with zero attached hydrogens (tertiary/aromatic N) is 3. The number of hydrogen-bond acceptors (Lipinski definition) is 6. The summed E-state index contributed by atoms with van der Waals surface area (Å²) < 4.78 is 13.9. The van der Waals surface area contributed by atoms with Gasteiger partial charge >= 0.3 is 0 Å². The van der Waals surface area contributed by atoms with Crippen LogP contribution in [-0.4, -0.2) is 22.5 Å². The molecule has 1 aliphatic rings. The van der Waals surface area contributed by atoms with Crippen LogP contribution in [0.4, 0.5) is 0 Å². The Morgan fingerprint density at radius 1 is 1.20 bits per heavy atom. The first-order valence-corrected chi connectivity index (χ1v) is 13.4. The van der Waals surface area contributed by atoms with Gasteiger partial charge in [-0.3, -0.25) is 4.79 Å². The summed E-state index contributed by atoms with van der Waals surface area (Å²) in [5.74, 6) is 1.19. The number of fused-ring (bicyclic) bond motifs is 3. The van der Waals surface area contributed by atoms with E-state index in [1.165, 1.54) is 22.3 Å². The number of thiophene rings is 1. The second kappa shape index (κ2) is 10.5. The molecule has 180 valence electrons. The fourth-order valence-electron chi connectivity index (χ4n) is 4.15. The molecule has 9 heteroatoms. The molecule has 0 unspecified atom stereocenters. The highest BCUT2D eigenvalue weighted by Crippen LogP contribution is 2.37. The molecular weight excluding hydrogens is 550 g/mol. The molecule has 2 heterocycles. The number of ether oxygens (including phenoxy) is 2. The molecule has 35 heavy (non-hydrogen) atoms. The molecule has 2 aromatic carbocycles. The maximum Gasteiger partial charge on any atom is 0.282 e. The summed E-state index contributed by atoms with van der Waals surface area (Å²) in [6.45, 7) is 2.77. The number of rotatable bonds is 7. The summed E-state index contributed by atoms with van der Waals surface area (Å²) in [5.41, 5.74) is 2.78. The van der Waals surface area contributed by atoms with Crippen LogP contribution in [0.3, 0.4) is 0 Å². The van der Waals surface area contributed by atoms with Crippen LogP contribution < -0.4 is 15.0 Å². The van der Waals surface area contributed by atoms with E-state index in [1.54, 1.807) is 17.6 Å². The second-order valence-corrected chi connectivity index (χ2v) is 10.6. The van der Waals surface area contributed by atoms with Crippen LogP contribution >= 0.6 is 38.9 Å². The SMILES string of the molecule is CCOc1cc(/C=N\n2cnc3sc4c(c3c2=O)CCCC4)cc(Br)c1OCc1ccc(Cl)cc1. The predicted molar refractivity (Wildman–Crippen MR) is 145 cm³/mol. The minimum absolute atomic E-state index is 0.127. The van der Waals surface area contributed by atoms with Crippen molar-refractivity contribution in [2.75, 3.05) is 6.61 Å². The molecule has 0 bridgehead atoms. The molecule has 0 atom stereocenters. The molecule has 1 aliphatic carbocycles. The van der Waals surface area contributed by atoms with Gasteiger partial charge in [0.25, 0.3) is 5.56 Å². The molecular formula is C26H23BrClN3O3S. The standard InChI is InChI=1S/C26H23BrClN3O3S/c1-2-33-21-12-17(11-20(27)24(21)34-14-16-7-9-18(28)10-8-16)13-30-31-15-29-25-23(26(31)32)19-5-3-4-6-22(19)35-25/h7-13,15H,2-6,14H2,1H3/b30-13-. The summed E-state index contributed by atoms with van der Waals surface area (Å²) in [5, 5.41) is 5.82. The van der Waals surface area contributed by atoms with Crippen molar-refractivity contribution in [2.24, 2.45) is 5.10 Å². The third-order valence-corrected chi connectivity index (χ3v) is 7.86. The van der Waals surface area contributed by atoms with E-state index in [9.17, 15) is 4.79 Å². The van der Waals surface area contributed by atoms with Gasteiger partial charge in [-0.05, 0) is 89.5 Å². The molecule has 0 spiro atoms. The van der Waals surface area contributed by atoms with Gasteiger partial charge in [0.2, 0.25) is 0 Å². The zero-order valence-corrected chi connectivity index (χ0v) is 22.3. The predicted octanol–water partition coefficient (Wildman–Crippen LogP) is 6.61. The highest BCUT2D eigenvalue weighted by atomic mass is 79.9. The van der Waals surface area contributed by atoms with Crippen molar-refractivity contribution in [1.29, 1.82) is 0 Å². The minimum Gasteiger partial charge on any atom is -0.490 e. The first-order valence-electron chi connectivity index (χ1n) is 11.4. The average molecular weight is 573 g/mol. The van der Waals surface area contributed by atoms with Crippen molar-refractivity contribution < 1.29 is 9.47 Å². The van der Waals surface area contributed by atoms with Crippen molar-refractivity contribution in [2.45, 2.75) is 39.2 Å². The van der Waals surface area contributed by atoms with E-state index >= 15 is 0 Å². The molecule has 2 aromatic heterocycles. The fourth-order valence-corrected chi connectivity index (χ4v) is 6.07. The Morgan fingerprint density at radius 3 is 2.80 bits per heavy atom. The average Bonchev–Trinajstić information content (AvgIpc) is 3.24. The first-order chi connectivity index (χ1) is 17.0. The largest absolute Gasteiger partial charge is 0.490 e. The zero-order chi connectivity index (χ0) is 24.4. The number of hydrogen-bond donors (Lipinski definition) is 0. The van der Waals surface area contributed by atoms with Gasteiger partial charge in [0, 0.05) is 9.90 Å². The normalized spacial score (nSPS) is 13.3. The smallest absolute Gasteiger partial charge is 0.282 e. The maximum atomic E-state index is 13.2.